The summed E-state index contributed by atoms with van der Waals surface area (Å²) in [6.45, 7) is 3.17. The number of hydrogen-bond acceptors (Lipinski definition) is 4. The number of carbonyl (C=O) groups is 1. The number of nitrogens with zero attached hydrogens (tertiary/aromatic N) is 4. The van der Waals surface area contributed by atoms with Crippen LogP contribution < -0.4 is 5.69 Å². The number of benzene rings is 1. The summed E-state index contributed by atoms with van der Waals surface area (Å²) in [6, 6.07) is 7.43. The fourth-order valence-corrected chi connectivity index (χ4v) is 4.63. The SMILES string of the molecule is CCn1c(C2C(C3CC3)CCN2C(=O)c2ccc(-c3cnc[nH]3)cc2)n[nH]c1=O. The van der Waals surface area contributed by atoms with E-state index in [-0.39, 0.29) is 17.6 Å². The van der Waals surface area contributed by atoms with Gasteiger partial charge in [-0.25, -0.2) is 14.9 Å². The molecule has 8 heteroatoms. The van der Waals surface area contributed by atoms with Gasteiger partial charge in [0, 0.05) is 18.7 Å². The average molecular weight is 392 g/mol. The third kappa shape index (κ3) is 3.08. The number of amides is 1. The van der Waals surface area contributed by atoms with Gasteiger partial charge in [-0.3, -0.25) is 9.36 Å². The number of aromatic amines is 2. The van der Waals surface area contributed by atoms with Crippen LogP contribution in [0, 0.1) is 11.8 Å². The molecule has 2 atom stereocenters. The van der Waals surface area contributed by atoms with E-state index < -0.39 is 0 Å². The fraction of sp³-hybridized carbons (Fsp3) is 0.429. The molecule has 2 fully saturated rings. The Kier molecular flexibility index (Phi) is 4.34. The number of aromatic nitrogens is 5. The number of imidazole rings is 1. The van der Waals surface area contributed by atoms with Crippen LogP contribution in [0.2, 0.25) is 0 Å². The Balaban J connectivity index is 1.46. The molecule has 1 aliphatic heterocycles. The molecule has 2 aromatic heterocycles. The van der Waals surface area contributed by atoms with Crippen molar-refractivity contribution in [3.63, 3.8) is 0 Å². The van der Waals surface area contributed by atoms with E-state index in [1.54, 1.807) is 17.1 Å². The highest BCUT2D eigenvalue weighted by Crippen LogP contribution is 2.50. The van der Waals surface area contributed by atoms with Crippen molar-refractivity contribution < 1.29 is 4.79 Å². The topological polar surface area (TPSA) is 99.7 Å². The molecular formula is C21H24N6O2. The van der Waals surface area contributed by atoms with Crippen LogP contribution >= 0.6 is 0 Å². The van der Waals surface area contributed by atoms with Gasteiger partial charge in [0.25, 0.3) is 5.91 Å². The van der Waals surface area contributed by atoms with E-state index in [0.29, 0.717) is 36.3 Å². The van der Waals surface area contributed by atoms with Crippen LogP contribution in [0.3, 0.4) is 0 Å². The van der Waals surface area contributed by atoms with Crippen LogP contribution in [0.1, 0.15) is 48.4 Å². The van der Waals surface area contributed by atoms with Crippen molar-refractivity contribution >= 4 is 5.91 Å². The normalized spacial score (nSPS) is 21.6. The molecule has 2 unspecified atom stereocenters. The second kappa shape index (κ2) is 7.02. The first-order chi connectivity index (χ1) is 14.2. The van der Waals surface area contributed by atoms with Crippen LogP contribution in [0.25, 0.3) is 11.3 Å². The third-order valence-electron chi connectivity index (χ3n) is 6.24. The summed E-state index contributed by atoms with van der Waals surface area (Å²) in [6.07, 6.45) is 6.75. The summed E-state index contributed by atoms with van der Waals surface area (Å²) < 4.78 is 1.66. The minimum Gasteiger partial charge on any atom is -0.345 e. The zero-order valence-electron chi connectivity index (χ0n) is 16.3. The number of rotatable bonds is 5. The first-order valence-electron chi connectivity index (χ1n) is 10.2. The lowest BCUT2D eigenvalue weighted by atomic mass is 9.94. The largest absolute Gasteiger partial charge is 0.345 e. The number of hydrogen-bond donors (Lipinski definition) is 2. The zero-order chi connectivity index (χ0) is 20.0. The monoisotopic (exact) mass is 392 g/mol. The number of H-pyrrole nitrogens is 2. The predicted molar refractivity (Wildman–Crippen MR) is 107 cm³/mol. The number of nitrogens with one attached hydrogen (secondary N) is 2. The fourth-order valence-electron chi connectivity index (χ4n) is 4.63. The van der Waals surface area contributed by atoms with Crippen molar-refractivity contribution in [1.82, 2.24) is 29.6 Å². The molecule has 3 aromatic rings. The quantitative estimate of drug-likeness (QED) is 0.697. The summed E-state index contributed by atoms with van der Waals surface area (Å²) in [5.74, 6) is 1.67. The average Bonchev–Trinajstić information content (AvgIpc) is 3.15. The van der Waals surface area contributed by atoms with Gasteiger partial charge < -0.3 is 9.88 Å². The predicted octanol–water partition coefficient (Wildman–Crippen LogP) is 2.59. The first kappa shape index (κ1) is 17.9. The van der Waals surface area contributed by atoms with Crippen molar-refractivity contribution in [1.29, 1.82) is 0 Å². The Labute approximate surface area is 168 Å². The van der Waals surface area contributed by atoms with Gasteiger partial charge in [-0.2, -0.15) is 5.10 Å². The number of carbonyl (C=O) groups excluding carboxylic acids is 1. The molecule has 29 heavy (non-hydrogen) atoms. The minimum absolute atomic E-state index is 0.00703. The lowest BCUT2D eigenvalue weighted by Crippen LogP contribution is -2.35. The Bertz CT molecular complexity index is 1060. The van der Waals surface area contributed by atoms with Gasteiger partial charge >= 0.3 is 5.69 Å². The van der Waals surface area contributed by atoms with Crippen molar-refractivity contribution in [2.45, 2.75) is 38.8 Å². The minimum atomic E-state index is -0.208. The Morgan fingerprint density at radius 3 is 2.66 bits per heavy atom. The van der Waals surface area contributed by atoms with Crippen LogP contribution in [-0.4, -0.2) is 42.1 Å². The molecule has 1 amide bonds. The van der Waals surface area contributed by atoms with Gasteiger partial charge in [0.05, 0.1) is 24.3 Å². The first-order valence-corrected chi connectivity index (χ1v) is 10.2. The lowest BCUT2D eigenvalue weighted by molar-refractivity contribution is 0.0701. The maximum Gasteiger partial charge on any atom is 0.343 e. The van der Waals surface area contributed by atoms with Crippen LogP contribution in [0.5, 0.6) is 0 Å². The molecule has 0 bridgehead atoms. The Hall–Kier alpha value is -3.16. The van der Waals surface area contributed by atoms with Gasteiger partial charge in [0.1, 0.15) is 0 Å². The van der Waals surface area contributed by atoms with Crippen molar-refractivity contribution in [2.75, 3.05) is 6.54 Å². The Morgan fingerprint density at radius 1 is 1.21 bits per heavy atom. The van der Waals surface area contributed by atoms with E-state index in [0.717, 1.165) is 17.7 Å². The summed E-state index contributed by atoms with van der Waals surface area (Å²) >= 11 is 0. The molecule has 1 saturated carbocycles. The highest BCUT2D eigenvalue weighted by Gasteiger charge is 2.47. The van der Waals surface area contributed by atoms with Crippen molar-refractivity contribution in [2.24, 2.45) is 11.8 Å². The van der Waals surface area contributed by atoms with Crippen LogP contribution in [-0.2, 0) is 6.54 Å². The molecule has 1 saturated heterocycles. The molecule has 150 valence electrons. The summed E-state index contributed by atoms with van der Waals surface area (Å²) in [4.78, 5) is 34.6. The molecule has 0 radical (unpaired) electrons. The van der Waals surface area contributed by atoms with E-state index in [2.05, 4.69) is 20.2 Å². The molecule has 3 heterocycles. The number of likely N-dealkylation sites (tertiary alicyclic amines) is 1. The second-order valence-electron chi connectivity index (χ2n) is 7.91. The highest BCUT2D eigenvalue weighted by molar-refractivity contribution is 5.95. The van der Waals surface area contributed by atoms with Gasteiger partial charge in [0.15, 0.2) is 5.82 Å². The zero-order valence-corrected chi connectivity index (χ0v) is 16.3. The van der Waals surface area contributed by atoms with Gasteiger partial charge in [-0.05, 0) is 55.7 Å². The third-order valence-corrected chi connectivity index (χ3v) is 6.24. The molecule has 2 aliphatic rings. The molecule has 1 aliphatic carbocycles. The molecule has 2 N–H and O–H groups in total. The summed E-state index contributed by atoms with van der Waals surface area (Å²) in [7, 11) is 0. The Morgan fingerprint density at radius 2 is 2.00 bits per heavy atom. The standard InChI is InChI=1S/C21H24N6O2/c1-2-26-19(24-25-21(26)29)18-16(13-3-4-13)9-10-27(18)20(28)15-7-5-14(6-8-15)17-11-22-12-23-17/h5-8,11-13,16,18H,2-4,9-10H2,1H3,(H,22,23)(H,25,29). The van der Waals surface area contributed by atoms with Crippen molar-refractivity contribution in [3.05, 3.63) is 58.7 Å². The summed E-state index contributed by atoms with van der Waals surface area (Å²) in [5, 5.41) is 6.90. The van der Waals surface area contributed by atoms with Gasteiger partial charge in [0.2, 0.25) is 0 Å². The van der Waals surface area contributed by atoms with E-state index in [4.69, 9.17) is 0 Å². The smallest absolute Gasteiger partial charge is 0.343 e. The van der Waals surface area contributed by atoms with Crippen LogP contribution in [0.4, 0.5) is 0 Å². The summed E-state index contributed by atoms with van der Waals surface area (Å²) in [5.41, 5.74) is 2.34. The van der Waals surface area contributed by atoms with E-state index in [1.807, 2.05) is 36.1 Å². The van der Waals surface area contributed by atoms with E-state index >= 15 is 0 Å². The molecule has 0 spiro atoms. The molecule has 8 nitrogen and oxygen atoms in total. The maximum absolute atomic E-state index is 13.4. The molecule has 1 aromatic carbocycles. The maximum atomic E-state index is 13.4. The van der Waals surface area contributed by atoms with E-state index in [9.17, 15) is 9.59 Å². The van der Waals surface area contributed by atoms with Gasteiger partial charge in [-0.15, -0.1) is 0 Å². The van der Waals surface area contributed by atoms with Crippen LogP contribution in [0.15, 0.2) is 41.6 Å². The van der Waals surface area contributed by atoms with Crippen molar-refractivity contribution in [3.8, 4) is 11.3 Å². The highest BCUT2D eigenvalue weighted by atomic mass is 16.2. The van der Waals surface area contributed by atoms with E-state index in [1.165, 1.54) is 12.8 Å². The molecule has 5 rings (SSSR count). The molecular weight excluding hydrogens is 368 g/mol. The lowest BCUT2D eigenvalue weighted by Gasteiger charge is -2.28. The van der Waals surface area contributed by atoms with Gasteiger partial charge in [-0.1, -0.05) is 12.1 Å². The second-order valence-corrected chi connectivity index (χ2v) is 7.91.